The summed E-state index contributed by atoms with van der Waals surface area (Å²) in [6.45, 7) is 7.52. The lowest BCUT2D eigenvalue weighted by molar-refractivity contribution is 0.00724. The van der Waals surface area contributed by atoms with Crippen molar-refractivity contribution in [2.75, 3.05) is 13.2 Å². The van der Waals surface area contributed by atoms with E-state index in [-0.39, 0.29) is 17.4 Å². The summed E-state index contributed by atoms with van der Waals surface area (Å²) in [5.41, 5.74) is 0.314. The summed E-state index contributed by atoms with van der Waals surface area (Å²) in [6, 6.07) is 2.03. The van der Waals surface area contributed by atoms with Crippen LogP contribution in [0.3, 0.4) is 0 Å². The van der Waals surface area contributed by atoms with Gasteiger partial charge in [-0.15, -0.1) is 0 Å². The maximum absolute atomic E-state index is 12.4. The number of amides is 1. The van der Waals surface area contributed by atoms with Crippen molar-refractivity contribution in [1.82, 2.24) is 14.9 Å². The third kappa shape index (κ3) is 7.16. The van der Waals surface area contributed by atoms with E-state index in [0.29, 0.717) is 13.2 Å². The van der Waals surface area contributed by atoms with E-state index in [4.69, 9.17) is 21.1 Å². The fourth-order valence-corrected chi connectivity index (χ4v) is 3.07. The van der Waals surface area contributed by atoms with Crippen LogP contribution in [0.15, 0.2) is 12.3 Å². The Labute approximate surface area is 154 Å². The van der Waals surface area contributed by atoms with E-state index < -0.39 is 5.60 Å². The molecule has 6 nitrogen and oxygen atoms in total. The largest absolute Gasteiger partial charge is 0.444 e. The molecule has 1 amide bonds. The molecule has 0 radical (unpaired) electrons. The van der Waals surface area contributed by atoms with Gasteiger partial charge in [0.25, 0.3) is 0 Å². The molecule has 7 heteroatoms. The van der Waals surface area contributed by atoms with Crippen LogP contribution in [0.2, 0.25) is 5.28 Å². The van der Waals surface area contributed by atoms with Crippen molar-refractivity contribution in [3.63, 3.8) is 0 Å². The molecule has 25 heavy (non-hydrogen) atoms. The second-order valence-electron chi connectivity index (χ2n) is 7.34. The van der Waals surface area contributed by atoms with E-state index >= 15 is 0 Å². The summed E-state index contributed by atoms with van der Waals surface area (Å²) in [5.74, 6) is 0. The van der Waals surface area contributed by atoms with Crippen molar-refractivity contribution in [2.24, 2.45) is 0 Å². The van der Waals surface area contributed by atoms with Gasteiger partial charge in [0.1, 0.15) is 5.60 Å². The maximum Gasteiger partial charge on any atom is 0.410 e. The van der Waals surface area contributed by atoms with Gasteiger partial charge in [0, 0.05) is 25.4 Å². The molecule has 0 bridgehead atoms. The molecule has 2 heterocycles. The highest BCUT2D eigenvalue weighted by atomic mass is 35.5. The van der Waals surface area contributed by atoms with E-state index in [9.17, 15) is 4.79 Å². The number of rotatable bonds is 6. The molecule has 1 aromatic rings. The number of nitrogens with zero attached hydrogens (tertiary/aromatic N) is 3. The lowest BCUT2D eigenvalue weighted by Gasteiger charge is -2.36. The van der Waals surface area contributed by atoms with Crippen LogP contribution in [-0.2, 0) is 16.1 Å². The molecule has 1 aliphatic heterocycles. The van der Waals surface area contributed by atoms with Crippen LogP contribution in [0.5, 0.6) is 0 Å². The van der Waals surface area contributed by atoms with Crippen molar-refractivity contribution < 1.29 is 14.3 Å². The summed E-state index contributed by atoms with van der Waals surface area (Å²) >= 11 is 5.75. The SMILES string of the molecule is CC(C)(C)OC(=O)N1CCCC[C@H]1CCCOCc1ccnc(Cl)n1. The van der Waals surface area contributed by atoms with Crippen molar-refractivity contribution in [2.45, 2.75) is 71.1 Å². The minimum Gasteiger partial charge on any atom is -0.444 e. The van der Waals surface area contributed by atoms with Crippen LogP contribution in [0.4, 0.5) is 4.79 Å². The molecule has 1 fully saturated rings. The molecule has 1 saturated heterocycles. The first-order chi connectivity index (χ1) is 11.8. The average Bonchev–Trinajstić information content (AvgIpc) is 2.53. The molecule has 140 valence electrons. The number of carbonyl (C=O) groups excluding carboxylic acids is 1. The normalized spacial score (nSPS) is 18.2. The molecule has 0 N–H and O–H groups in total. The van der Waals surface area contributed by atoms with E-state index in [0.717, 1.165) is 44.3 Å². The summed E-state index contributed by atoms with van der Waals surface area (Å²) in [6.07, 6.45) is 6.46. The van der Waals surface area contributed by atoms with Gasteiger partial charge in [-0.25, -0.2) is 14.8 Å². The monoisotopic (exact) mass is 369 g/mol. The van der Waals surface area contributed by atoms with Crippen LogP contribution in [0.1, 0.15) is 58.6 Å². The number of aromatic nitrogens is 2. The molecule has 1 aromatic heterocycles. The van der Waals surface area contributed by atoms with E-state index in [2.05, 4.69) is 9.97 Å². The van der Waals surface area contributed by atoms with Gasteiger partial charge >= 0.3 is 6.09 Å². The maximum atomic E-state index is 12.4. The highest BCUT2D eigenvalue weighted by Gasteiger charge is 2.29. The predicted octanol–water partition coefficient (Wildman–Crippen LogP) is 4.22. The van der Waals surface area contributed by atoms with Crippen LogP contribution in [0.25, 0.3) is 0 Å². The Hall–Kier alpha value is -1.40. The van der Waals surface area contributed by atoms with E-state index in [1.54, 1.807) is 12.3 Å². The fraction of sp³-hybridized carbons (Fsp3) is 0.722. The lowest BCUT2D eigenvalue weighted by atomic mass is 9.98. The quantitative estimate of drug-likeness (QED) is 0.555. The molecule has 0 aromatic carbocycles. The Morgan fingerprint density at radius 1 is 1.40 bits per heavy atom. The number of ether oxygens (including phenoxy) is 2. The average molecular weight is 370 g/mol. The second-order valence-corrected chi connectivity index (χ2v) is 7.67. The zero-order valence-electron chi connectivity index (χ0n) is 15.3. The lowest BCUT2D eigenvalue weighted by Crippen LogP contribution is -2.46. The zero-order valence-corrected chi connectivity index (χ0v) is 16.1. The summed E-state index contributed by atoms with van der Waals surface area (Å²) in [4.78, 5) is 22.2. The fourth-order valence-electron chi connectivity index (χ4n) is 2.91. The van der Waals surface area contributed by atoms with Gasteiger partial charge in [-0.1, -0.05) is 0 Å². The highest BCUT2D eigenvalue weighted by Crippen LogP contribution is 2.23. The van der Waals surface area contributed by atoms with E-state index in [1.165, 1.54) is 0 Å². The molecule has 0 aliphatic carbocycles. The van der Waals surface area contributed by atoms with Gasteiger partial charge in [0.15, 0.2) is 0 Å². The van der Waals surface area contributed by atoms with Crippen molar-refractivity contribution >= 4 is 17.7 Å². The van der Waals surface area contributed by atoms with Crippen LogP contribution >= 0.6 is 11.6 Å². The van der Waals surface area contributed by atoms with Gasteiger partial charge in [0.05, 0.1) is 12.3 Å². The first kappa shape index (κ1) is 19.9. The molecular formula is C18H28ClN3O3. The van der Waals surface area contributed by atoms with Gasteiger partial charge < -0.3 is 14.4 Å². The smallest absolute Gasteiger partial charge is 0.410 e. The second kappa shape index (κ2) is 9.34. The predicted molar refractivity (Wildman–Crippen MR) is 96.5 cm³/mol. The summed E-state index contributed by atoms with van der Waals surface area (Å²) in [5, 5.41) is 0.233. The third-order valence-electron chi connectivity index (χ3n) is 4.01. The topological polar surface area (TPSA) is 64.5 Å². The number of carbonyl (C=O) groups is 1. The molecule has 1 atom stereocenters. The minimum absolute atomic E-state index is 0.200. The molecule has 0 spiro atoms. The van der Waals surface area contributed by atoms with Crippen LogP contribution in [-0.4, -0.2) is 45.8 Å². The Bertz CT molecular complexity index is 563. The third-order valence-corrected chi connectivity index (χ3v) is 4.20. The molecular weight excluding hydrogens is 342 g/mol. The Morgan fingerprint density at radius 2 is 2.20 bits per heavy atom. The van der Waals surface area contributed by atoms with Crippen LogP contribution < -0.4 is 0 Å². The Morgan fingerprint density at radius 3 is 2.92 bits per heavy atom. The van der Waals surface area contributed by atoms with Crippen LogP contribution in [0, 0.1) is 0 Å². The molecule has 0 unspecified atom stereocenters. The molecule has 1 aliphatic rings. The van der Waals surface area contributed by atoms with Gasteiger partial charge in [-0.3, -0.25) is 0 Å². The van der Waals surface area contributed by atoms with Gasteiger partial charge in [0.2, 0.25) is 5.28 Å². The number of likely N-dealkylation sites (tertiary alicyclic amines) is 1. The summed E-state index contributed by atoms with van der Waals surface area (Å²) in [7, 11) is 0. The number of hydrogen-bond acceptors (Lipinski definition) is 5. The highest BCUT2D eigenvalue weighted by molar-refractivity contribution is 6.28. The molecule has 0 saturated carbocycles. The van der Waals surface area contributed by atoms with Crippen molar-refractivity contribution in [3.05, 3.63) is 23.2 Å². The standard InChI is InChI=1S/C18H28ClN3O3/c1-18(2,3)25-17(23)22-11-5-4-7-15(22)8-6-12-24-13-14-9-10-20-16(19)21-14/h9-10,15H,4-8,11-13H2,1-3H3/t15-/m0/s1. The Balaban J connectivity index is 1.73. The minimum atomic E-state index is -0.457. The number of hydrogen-bond donors (Lipinski definition) is 0. The first-order valence-electron chi connectivity index (χ1n) is 8.90. The molecule has 2 rings (SSSR count). The van der Waals surface area contributed by atoms with Gasteiger partial charge in [-0.2, -0.15) is 0 Å². The number of piperidine rings is 1. The number of halogens is 1. The first-order valence-corrected chi connectivity index (χ1v) is 9.28. The van der Waals surface area contributed by atoms with Gasteiger partial charge in [-0.05, 0) is 70.5 Å². The van der Waals surface area contributed by atoms with Crippen molar-refractivity contribution in [1.29, 1.82) is 0 Å². The van der Waals surface area contributed by atoms with E-state index in [1.807, 2.05) is 25.7 Å². The summed E-state index contributed by atoms with van der Waals surface area (Å²) < 4.78 is 11.2. The zero-order chi connectivity index (χ0) is 18.3. The van der Waals surface area contributed by atoms with Crippen molar-refractivity contribution in [3.8, 4) is 0 Å². The Kier molecular flexibility index (Phi) is 7.44.